The molecule has 2 atom stereocenters. The molecule has 0 bridgehead atoms. The minimum atomic E-state index is -3.06. The number of alkyl halides is 2. The lowest BCUT2D eigenvalue weighted by Crippen LogP contribution is -2.48. The molecule has 1 fully saturated rings. The molecule has 12 heteroatoms. The normalized spacial score (nSPS) is 18.0. The number of aromatic nitrogens is 3. The number of carbonyl (C=O) groups is 1. The molecule has 36 heavy (non-hydrogen) atoms. The van der Waals surface area contributed by atoms with Gasteiger partial charge in [-0.1, -0.05) is 17.7 Å². The molecule has 0 amide bonds. The largest absolute Gasteiger partial charge is 0.476 e. The molecule has 3 N–H and O–H groups in total. The summed E-state index contributed by atoms with van der Waals surface area (Å²) in [6, 6.07) is 7.98. The van der Waals surface area contributed by atoms with Crippen LogP contribution in [0.1, 0.15) is 46.7 Å². The Morgan fingerprint density at radius 1 is 1.36 bits per heavy atom. The molecule has 0 aliphatic carbocycles. The number of piperidine rings is 1. The number of rotatable bonds is 6. The number of carboxylic acid groups (broad SMARTS) is 1. The van der Waals surface area contributed by atoms with Gasteiger partial charge < -0.3 is 20.4 Å². The molecule has 1 saturated heterocycles. The zero-order chi connectivity index (χ0) is 26.2. The summed E-state index contributed by atoms with van der Waals surface area (Å²) in [5, 5.41) is 31.9. The lowest BCUT2D eigenvalue weighted by atomic mass is 9.95. The van der Waals surface area contributed by atoms with Gasteiger partial charge in [0.2, 0.25) is 0 Å². The first-order chi connectivity index (χ1) is 17.0. The van der Waals surface area contributed by atoms with E-state index in [1.165, 1.54) is 17.0 Å². The molecule has 1 aliphatic heterocycles. The van der Waals surface area contributed by atoms with E-state index in [0.717, 1.165) is 5.56 Å². The van der Waals surface area contributed by atoms with Crippen LogP contribution in [-0.4, -0.2) is 56.8 Å². The maximum absolute atomic E-state index is 14.4. The lowest BCUT2D eigenvalue weighted by Gasteiger charge is -2.37. The highest BCUT2D eigenvalue weighted by Crippen LogP contribution is 2.35. The van der Waals surface area contributed by atoms with Crippen LogP contribution in [0, 0.1) is 24.2 Å². The highest BCUT2D eigenvalue weighted by Gasteiger charge is 2.41. The Labute approximate surface area is 210 Å². The van der Waals surface area contributed by atoms with Gasteiger partial charge in [0.15, 0.2) is 17.2 Å². The molecule has 188 valence electrons. The van der Waals surface area contributed by atoms with E-state index in [1.54, 1.807) is 13.0 Å². The SMILES string of the molecule is Cc1cc([C@@H](C)Nc2ccc(Cl)nc2C(=O)O)c2nc(N3C[C@@H](CO)CC(F)(F)C3)c(C#N)nc2c1. The summed E-state index contributed by atoms with van der Waals surface area (Å²) in [6.45, 7) is 2.66. The lowest BCUT2D eigenvalue weighted by molar-refractivity contribution is -0.0375. The minimum absolute atomic E-state index is 0.0134. The molecule has 2 aromatic heterocycles. The fraction of sp³-hybridized carbons (Fsp3) is 0.375. The Morgan fingerprint density at radius 3 is 2.78 bits per heavy atom. The van der Waals surface area contributed by atoms with Gasteiger partial charge in [-0.3, -0.25) is 0 Å². The topological polar surface area (TPSA) is 135 Å². The highest BCUT2D eigenvalue weighted by molar-refractivity contribution is 6.29. The van der Waals surface area contributed by atoms with Gasteiger partial charge in [-0.05, 0) is 37.6 Å². The summed E-state index contributed by atoms with van der Waals surface area (Å²) in [7, 11) is 0. The monoisotopic (exact) mass is 516 g/mol. The molecule has 0 radical (unpaired) electrons. The Bertz CT molecular complexity index is 1380. The Kier molecular flexibility index (Phi) is 6.93. The summed E-state index contributed by atoms with van der Waals surface area (Å²) in [4.78, 5) is 25.8. The quantitative estimate of drug-likeness (QED) is 0.412. The van der Waals surface area contributed by atoms with Crippen molar-refractivity contribution in [1.29, 1.82) is 5.26 Å². The molecule has 9 nitrogen and oxygen atoms in total. The van der Waals surface area contributed by atoms with Crippen molar-refractivity contribution >= 4 is 40.1 Å². The number of fused-ring (bicyclic) bond motifs is 1. The molecule has 1 aliphatic rings. The molecule has 1 aromatic carbocycles. The van der Waals surface area contributed by atoms with Gasteiger partial charge in [0, 0.05) is 31.1 Å². The van der Waals surface area contributed by atoms with E-state index < -0.39 is 43.4 Å². The van der Waals surface area contributed by atoms with Gasteiger partial charge in [-0.2, -0.15) is 5.26 Å². The molecule has 3 aromatic rings. The van der Waals surface area contributed by atoms with Crippen LogP contribution in [0.25, 0.3) is 11.0 Å². The van der Waals surface area contributed by atoms with Crippen molar-refractivity contribution in [3.05, 3.63) is 51.9 Å². The van der Waals surface area contributed by atoms with Crippen LogP contribution in [0.4, 0.5) is 20.3 Å². The van der Waals surface area contributed by atoms with E-state index in [4.69, 9.17) is 11.6 Å². The first-order valence-electron chi connectivity index (χ1n) is 11.1. The molecular weight excluding hydrogens is 494 g/mol. The van der Waals surface area contributed by atoms with Gasteiger partial charge in [0.25, 0.3) is 5.92 Å². The molecule has 0 saturated carbocycles. The maximum Gasteiger partial charge on any atom is 0.356 e. The average Bonchev–Trinajstić information content (AvgIpc) is 2.82. The Balaban J connectivity index is 1.81. The number of aryl methyl sites for hydroxylation is 1. The van der Waals surface area contributed by atoms with Crippen molar-refractivity contribution < 1.29 is 23.8 Å². The first kappa shape index (κ1) is 25.5. The third-order valence-electron chi connectivity index (χ3n) is 5.98. The average molecular weight is 517 g/mol. The van der Waals surface area contributed by atoms with E-state index in [-0.39, 0.29) is 34.6 Å². The Hall–Kier alpha value is -3.62. The van der Waals surface area contributed by atoms with Gasteiger partial charge >= 0.3 is 5.97 Å². The zero-order valence-corrected chi connectivity index (χ0v) is 20.2. The van der Waals surface area contributed by atoms with Gasteiger partial charge in [-0.15, -0.1) is 0 Å². The summed E-state index contributed by atoms with van der Waals surface area (Å²) in [6.07, 6.45) is -0.449. The van der Waals surface area contributed by atoms with Crippen LogP contribution in [0.15, 0.2) is 24.3 Å². The molecule has 4 rings (SSSR count). The smallest absolute Gasteiger partial charge is 0.356 e. The predicted molar refractivity (Wildman–Crippen MR) is 130 cm³/mol. The second kappa shape index (κ2) is 9.79. The number of anilines is 2. The number of benzene rings is 1. The molecule has 0 spiro atoms. The van der Waals surface area contributed by atoms with Crippen molar-refractivity contribution in [2.24, 2.45) is 5.92 Å². The number of nitrogens with one attached hydrogen (secondary N) is 1. The number of aliphatic hydroxyl groups excluding tert-OH is 1. The van der Waals surface area contributed by atoms with Crippen LogP contribution in [0.5, 0.6) is 0 Å². The number of carboxylic acids is 1. The van der Waals surface area contributed by atoms with Crippen molar-refractivity contribution in [2.75, 3.05) is 29.9 Å². The van der Waals surface area contributed by atoms with E-state index in [9.17, 15) is 29.1 Å². The summed E-state index contributed by atoms with van der Waals surface area (Å²) >= 11 is 5.85. The summed E-state index contributed by atoms with van der Waals surface area (Å²) in [5.41, 5.74) is 2.10. The van der Waals surface area contributed by atoms with Crippen molar-refractivity contribution in [3.8, 4) is 6.07 Å². The number of halogens is 3. The van der Waals surface area contributed by atoms with E-state index in [0.29, 0.717) is 16.6 Å². The minimum Gasteiger partial charge on any atom is -0.476 e. The number of aromatic carboxylic acids is 1. The number of pyridine rings is 1. The fourth-order valence-corrected chi connectivity index (χ4v) is 4.61. The molecule has 0 unspecified atom stereocenters. The van der Waals surface area contributed by atoms with Crippen LogP contribution in [-0.2, 0) is 0 Å². The third kappa shape index (κ3) is 5.15. The van der Waals surface area contributed by atoms with Crippen molar-refractivity contribution in [3.63, 3.8) is 0 Å². The number of hydrogen-bond acceptors (Lipinski definition) is 8. The summed E-state index contributed by atoms with van der Waals surface area (Å²) in [5.74, 6) is -4.98. The number of nitriles is 1. The van der Waals surface area contributed by atoms with Gasteiger partial charge in [0.1, 0.15) is 11.2 Å². The first-order valence-corrected chi connectivity index (χ1v) is 11.5. The second-order valence-electron chi connectivity index (χ2n) is 8.92. The molecular formula is C24H23ClF2N6O3. The third-order valence-corrected chi connectivity index (χ3v) is 6.19. The second-order valence-corrected chi connectivity index (χ2v) is 9.31. The van der Waals surface area contributed by atoms with Crippen LogP contribution in [0.3, 0.4) is 0 Å². The van der Waals surface area contributed by atoms with Crippen molar-refractivity contribution in [1.82, 2.24) is 15.0 Å². The van der Waals surface area contributed by atoms with E-state index >= 15 is 0 Å². The predicted octanol–water partition coefficient (Wildman–Crippen LogP) is 4.18. The van der Waals surface area contributed by atoms with Crippen LogP contribution in [0.2, 0.25) is 5.15 Å². The maximum atomic E-state index is 14.4. The van der Waals surface area contributed by atoms with E-state index in [1.807, 2.05) is 19.1 Å². The van der Waals surface area contributed by atoms with Crippen molar-refractivity contribution in [2.45, 2.75) is 32.2 Å². The molecule has 3 heterocycles. The highest BCUT2D eigenvalue weighted by atomic mass is 35.5. The number of nitrogens with zero attached hydrogens (tertiary/aromatic N) is 5. The number of aliphatic hydroxyl groups is 1. The fourth-order valence-electron chi connectivity index (χ4n) is 4.47. The number of hydrogen-bond donors (Lipinski definition) is 3. The van der Waals surface area contributed by atoms with Gasteiger partial charge in [0.05, 0.1) is 29.3 Å². The van der Waals surface area contributed by atoms with Crippen LogP contribution < -0.4 is 10.2 Å². The standard InChI is InChI=1S/C24H23ClF2N6O3/c1-12-5-15(13(2)29-16-3-4-19(25)31-21(16)23(35)36)20-17(6-12)30-18(8-28)22(32-20)33-9-14(10-34)7-24(26,27)11-33/h3-6,13-14,29,34H,7,9-11H2,1-2H3,(H,35,36)/t13-,14+/m1/s1. The van der Waals surface area contributed by atoms with Crippen LogP contribution >= 0.6 is 11.6 Å². The Morgan fingerprint density at radius 2 is 2.11 bits per heavy atom. The zero-order valence-electron chi connectivity index (χ0n) is 19.5. The summed E-state index contributed by atoms with van der Waals surface area (Å²) < 4.78 is 28.8. The van der Waals surface area contributed by atoms with E-state index in [2.05, 4.69) is 20.3 Å². The van der Waals surface area contributed by atoms with Gasteiger partial charge in [-0.25, -0.2) is 28.5 Å².